The van der Waals surface area contributed by atoms with Crippen LogP contribution in [0.15, 0.2) is 34.7 Å². The first kappa shape index (κ1) is 14.6. The third-order valence-electron chi connectivity index (χ3n) is 3.90. The lowest BCUT2D eigenvalue weighted by molar-refractivity contribution is -0.159. The molecule has 2 atom stereocenters. The number of amides is 1. The van der Waals surface area contributed by atoms with E-state index in [1.807, 2.05) is 30.3 Å². The number of benzene rings is 1. The predicted molar refractivity (Wildman–Crippen MR) is 78.6 cm³/mol. The average Bonchev–Trinajstić information content (AvgIpc) is 2.97. The van der Waals surface area contributed by atoms with Gasteiger partial charge in [-0.15, -0.1) is 0 Å². The fourth-order valence-electron chi connectivity index (χ4n) is 2.61. The van der Waals surface area contributed by atoms with Gasteiger partial charge in [0.05, 0.1) is 19.1 Å². The maximum Gasteiger partial charge on any atom is 0.334 e. The summed E-state index contributed by atoms with van der Waals surface area (Å²) in [4.78, 5) is 25.1. The van der Waals surface area contributed by atoms with Crippen molar-refractivity contribution in [2.24, 2.45) is 0 Å². The zero-order valence-electron chi connectivity index (χ0n) is 12.2. The molecule has 1 aliphatic rings. The van der Waals surface area contributed by atoms with Crippen LogP contribution in [0.5, 0.6) is 0 Å². The fraction of sp³-hybridized carbons (Fsp3) is 0.375. The van der Waals surface area contributed by atoms with Gasteiger partial charge in [-0.05, 0) is 19.1 Å². The van der Waals surface area contributed by atoms with E-state index in [1.165, 1.54) is 4.90 Å². The Kier molecular flexibility index (Phi) is 3.85. The molecule has 3 rings (SSSR count). The molecule has 22 heavy (non-hydrogen) atoms. The molecular formula is C16H17NO5. The summed E-state index contributed by atoms with van der Waals surface area (Å²) < 4.78 is 10.9. The normalized spacial score (nSPS) is 20.0. The van der Waals surface area contributed by atoms with Gasteiger partial charge in [0.2, 0.25) is 5.91 Å². The highest BCUT2D eigenvalue weighted by Crippen LogP contribution is 2.26. The Balaban J connectivity index is 1.77. The smallest absolute Gasteiger partial charge is 0.334 e. The van der Waals surface area contributed by atoms with Gasteiger partial charge in [0, 0.05) is 11.9 Å². The fourth-order valence-corrected chi connectivity index (χ4v) is 2.61. The third-order valence-corrected chi connectivity index (χ3v) is 3.90. The number of aliphatic carboxylic acids is 1. The molecule has 0 radical (unpaired) electrons. The Morgan fingerprint density at radius 1 is 1.36 bits per heavy atom. The minimum absolute atomic E-state index is 0.0682. The standard InChI is InChI=1S/C16H17NO5/c1-10(13-8-11-4-2-3-5-12(11)22-13)15(18)17-6-7-21-14(9-17)16(19)20/h2-5,8,10,14H,6-7,9H2,1H3,(H,19,20)/t10-,14-/m1/s1. The zero-order valence-corrected chi connectivity index (χ0v) is 12.2. The van der Waals surface area contributed by atoms with Crippen LogP contribution in [-0.2, 0) is 14.3 Å². The number of morpholine rings is 1. The van der Waals surface area contributed by atoms with Gasteiger partial charge in [-0.3, -0.25) is 4.79 Å². The third kappa shape index (κ3) is 2.69. The lowest BCUT2D eigenvalue weighted by atomic mass is 10.1. The van der Waals surface area contributed by atoms with Crippen molar-refractivity contribution in [3.8, 4) is 0 Å². The Morgan fingerprint density at radius 2 is 2.14 bits per heavy atom. The summed E-state index contributed by atoms with van der Waals surface area (Å²) >= 11 is 0. The quantitative estimate of drug-likeness (QED) is 0.936. The molecule has 0 saturated carbocycles. The van der Waals surface area contributed by atoms with Gasteiger partial charge in [-0.1, -0.05) is 18.2 Å². The predicted octanol–water partition coefficient (Wildman–Crippen LogP) is 1.85. The van der Waals surface area contributed by atoms with Gasteiger partial charge in [0.1, 0.15) is 11.3 Å². The van der Waals surface area contributed by atoms with Crippen LogP contribution in [0.4, 0.5) is 0 Å². The molecule has 0 bridgehead atoms. The average molecular weight is 303 g/mol. The van der Waals surface area contributed by atoms with Crippen molar-refractivity contribution in [2.45, 2.75) is 18.9 Å². The first-order chi connectivity index (χ1) is 10.6. The van der Waals surface area contributed by atoms with Gasteiger partial charge in [-0.25, -0.2) is 4.79 Å². The monoisotopic (exact) mass is 303 g/mol. The van der Waals surface area contributed by atoms with Crippen molar-refractivity contribution >= 4 is 22.8 Å². The van der Waals surface area contributed by atoms with Crippen LogP contribution < -0.4 is 0 Å². The molecule has 6 nitrogen and oxygen atoms in total. The lowest BCUT2D eigenvalue weighted by Crippen LogP contribution is -2.49. The summed E-state index contributed by atoms with van der Waals surface area (Å²) in [5.74, 6) is -1.06. The van der Waals surface area contributed by atoms with Crippen molar-refractivity contribution in [3.05, 3.63) is 36.1 Å². The van der Waals surface area contributed by atoms with E-state index in [2.05, 4.69) is 0 Å². The number of para-hydroxylation sites is 1. The molecule has 1 aliphatic heterocycles. The summed E-state index contributed by atoms with van der Waals surface area (Å²) in [6.07, 6.45) is -0.958. The van der Waals surface area contributed by atoms with Crippen LogP contribution in [0.2, 0.25) is 0 Å². The van der Waals surface area contributed by atoms with Crippen LogP contribution in [0, 0.1) is 0 Å². The largest absolute Gasteiger partial charge is 0.479 e. The number of hydrogen-bond donors (Lipinski definition) is 1. The Bertz CT molecular complexity index is 674. The van der Waals surface area contributed by atoms with Crippen molar-refractivity contribution in [1.82, 2.24) is 4.90 Å². The second-order valence-corrected chi connectivity index (χ2v) is 5.39. The highest BCUT2D eigenvalue weighted by Gasteiger charge is 2.32. The van der Waals surface area contributed by atoms with Crippen LogP contribution in [0.1, 0.15) is 18.6 Å². The van der Waals surface area contributed by atoms with Gasteiger partial charge in [-0.2, -0.15) is 0 Å². The molecule has 1 saturated heterocycles. The Morgan fingerprint density at radius 3 is 2.86 bits per heavy atom. The van der Waals surface area contributed by atoms with Gasteiger partial charge >= 0.3 is 5.97 Å². The maximum absolute atomic E-state index is 12.6. The zero-order chi connectivity index (χ0) is 15.7. The van der Waals surface area contributed by atoms with Crippen LogP contribution in [0.3, 0.4) is 0 Å². The van der Waals surface area contributed by atoms with Crippen molar-refractivity contribution in [1.29, 1.82) is 0 Å². The van der Waals surface area contributed by atoms with E-state index in [9.17, 15) is 9.59 Å². The van der Waals surface area contributed by atoms with Crippen molar-refractivity contribution in [2.75, 3.05) is 19.7 Å². The van der Waals surface area contributed by atoms with Crippen LogP contribution in [-0.4, -0.2) is 47.7 Å². The van der Waals surface area contributed by atoms with Crippen molar-refractivity contribution in [3.63, 3.8) is 0 Å². The Labute approximate surface area is 127 Å². The first-order valence-electron chi connectivity index (χ1n) is 7.18. The van der Waals surface area contributed by atoms with Gasteiger partial charge in [0.25, 0.3) is 0 Å². The van der Waals surface area contributed by atoms with E-state index in [0.717, 1.165) is 11.0 Å². The summed E-state index contributed by atoms with van der Waals surface area (Å²) in [5.41, 5.74) is 0.738. The van der Waals surface area contributed by atoms with Crippen LogP contribution >= 0.6 is 0 Å². The number of carbonyl (C=O) groups is 2. The van der Waals surface area contributed by atoms with E-state index in [0.29, 0.717) is 12.3 Å². The second kappa shape index (κ2) is 5.81. The molecule has 1 fully saturated rings. The number of carbonyl (C=O) groups excluding carboxylic acids is 1. The van der Waals surface area contributed by atoms with E-state index < -0.39 is 18.0 Å². The number of fused-ring (bicyclic) bond motifs is 1. The summed E-state index contributed by atoms with van der Waals surface area (Å²) in [7, 11) is 0. The summed E-state index contributed by atoms with van der Waals surface area (Å²) in [6, 6.07) is 9.42. The number of carboxylic acids is 1. The van der Waals surface area contributed by atoms with Gasteiger partial charge < -0.3 is 19.2 Å². The second-order valence-electron chi connectivity index (χ2n) is 5.39. The first-order valence-corrected chi connectivity index (χ1v) is 7.18. The summed E-state index contributed by atoms with van der Waals surface area (Å²) in [6.45, 7) is 2.47. The number of hydrogen-bond acceptors (Lipinski definition) is 4. The van der Waals surface area contributed by atoms with E-state index in [-0.39, 0.29) is 19.1 Å². The molecule has 0 spiro atoms. The molecular weight excluding hydrogens is 286 g/mol. The highest BCUT2D eigenvalue weighted by molar-refractivity contribution is 5.86. The molecule has 2 aromatic rings. The van der Waals surface area contributed by atoms with E-state index in [1.54, 1.807) is 6.92 Å². The molecule has 0 unspecified atom stereocenters. The number of rotatable bonds is 3. The minimum atomic E-state index is -1.05. The number of ether oxygens (including phenoxy) is 1. The van der Waals surface area contributed by atoms with Crippen LogP contribution in [0.25, 0.3) is 11.0 Å². The number of nitrogens with zero attached hydrogens (tertiary/aromatic N) is 1. The highest BCUT2D eigenvalue weighted by atomic mass is 16.5. The van der Waals surface area contributed by atoms with E-state index >= 15 is 0 Å². The van der Waals surface area contributed by atoms with E-state index in [4.69, 9.17) is 14.3 Å². The SMILES string of the molecule is C[C@@H](C(=O)N1CCO[C@@H](C(=O)O)C1)c1cc2ccccc2o1. The maximum atomic E-state index is 12.6. The summed E-state index contributed by atoms with van der Waals surface area (Å²) in [5, 5.41) is 9.95. The molecule has 2 heterocycles. The number of carboxylic acid groups (broad SMARTS) is 1. The molecule has 1 aromatic heterocycles. The topological polar surface area (TPSA) is 80.0 Å². The number of furan rings is 1. The lowest BCUT2D eigenvalue weighted by Gasteiger charge is -2.32. The molecule has 1 aromatic carbocycles. The van der Waals surface area contributed by atoms with Crippen molar-refractivity contribution < 1.29 is 23.8 Å². The Hall–Kier alpha value is -2.34. The molecule has 6 heteroatoms. The molecule has 116 valence electrons. The molecule has 0 aliphatic carbocycles. The molecule has 1 N–H and O–H groups in total. The molecule has 1 amide bonds. The van der Waals surface area contributed by atoms with Gasteiger partial charge in [0.15, 0.2) is 6.10 Å². The minimum Gasteiger partial charge on any atom is -0.479 e.